The van der Waals surface area contributed by atoms with Crippen molar-refractivity contribution in [1.29, 1.82) is 0 Å². The highest BCUT2D eigenvalue weighted by atomic mass is 35.5. The van der Waals surface area contributed by atoms with Gasteiger partial charge in [0, 0.05) is 34.2 Å². The third-order valence-corrected chi connectivity index (χ3v) is 11.3. The molecule has 1 heterocycles. The zero-order valence-electron chi connectivity index (χ0n) is 30.1. The van der Waals surface area contributed by atoms with Gasteiger partial charge in [-0.3, -0.25) is 14.4 Å². The maximum absolute atomic E-state index is 14.5. The highest BCUT2D eigenvalue weighted by Crippen LogP contribution is 2.48. The van der Waals surface area contributed by atoms with Gasteiger partial charge in [0.25, 0.3) is 5.91 Å². The minimum atomic E-state index is -3.60. The molecule has 1 fully saturated rings. The summed E-state index contributed by atoms with van der Waals surface area (Å²) in [5.74, 6) is -1.10. The summed E-state index contributed by atoms with van der Waals surface area (Å²) in [7, 11) is -2.01. The molecule has 2 N–H and O–H groups in total. The molecule has 1 aliphatic carbocycles. The first kappa shape index (κ1) is 39.3. The normalized spacial score (nSPS) is 19.9. The van der Waals surface area contributed by atoms with Crippen LogP contribution in [0.5, 0.6) is 5.75 Å². The van der Waals surface area contributed by atoms with E-state index >= 15 is 0 Å². The van der Waals surface area contributed by atoms with Crippen LogP contribution in [0.1, 0.15) is 75.8 Å². The van der Waals surface area contributed by atoms with Crippen molar-refractivity contribution in [1.82, 2.24) is 14.9 Å². The Morgan fingerprint density at radius 2 is 1.61 bits per heavy atom. The third-order valence-electron chi connectivity index (χ3n) is 10.0. The molecule has 0 radical (unpaired) electrons. The first-order valence-corrected chi connectivity index (χ1v) is 20.5. The molecular formula is C41H43Cl2N3O7S. The van der Waals surface area contributed by atoms with Crippen molar-refractivity contribution in [2.24, 2.45) is 0 Å². The molecular weight excluding hydrogens is 749 g/mol. The topological polar surface area (TPSA) is 131 Å². The maximum Gasteiger partial charge on any atom is 0.310 e. The Morgan fingerprint density at radius 3 is 2.35 bits per heavy atom. The second-order valence-corrected chi connectivity index (χ2v) is 16.4. The lowest BCUT2D eigenvalue weighted by Gasteiger charge is -2.49. The zero-order chi connectivity index (χ0) is 38.4. The Balaban J connectivity index is 1.22. The lowest BCUT2D eigenvalue weighted by molar-refractivity contribution is -0.144. The molecule has 0 saturated heterocycles. The number of amides is 2. The molecule has 0 unspecified atom stereocenters. The fraction of sp³-hybridized carbons (Fsp3) is 0.341. The average molecular weight is 793 g/mol. The molecule has 4 aromatic rings. The molecule has 0 bridgehead atoms. The molecule has 4 aromatic carbocycles. The zero-order valence-corrected chi connectivity index (χ0v) is 32.4. The second-order valence-electron chi connectivity index (χ2n) is 13.8. The number of nitrogens with zero attached hydrogens (tertiary/aromatic N) is 1. The SMILES string of the molecule is COc1ccc(COC(=O)Cc2cccc(CCNC(=O)[C@@H]3c4ccccc4C(=O)N([C@H]4CCCC[C@@H]4NS(C)(=O)=O)[C@H]3c3ccc(Cl)cc3Cl)c2)cc1. The van der Waals surface area contributed by atoms with E-state index in [0.717, 1.165) is 41.5 Å². The van der Waals surface area contributed by atoms with Crippen LogP contribution >= 0.6 is 23.2 Å². The first-order valence-electron chi connectivity index (χ1n) is 17.9. The number of methoxy groups -OCH3 is 1. The van der Waals surface area contributed by atoms with Gasteiger partial charge in [-0.1, -0.05) is 96.7 Å². The minimum Gasteiger partial charge on any atom is -0.497 e. The molecule has 2 amide bonds. The number of nitrogens with one attached hydrogen (secondary N) is 2. The minimum absolute atomic E-state index is 0.0962. The number of carbonyl (C=O) groups is 3. The van der Waals surface area contributed by atoms with E-state index in [9.17, 15) is 22.8 Å². The van der Waals surface area contributed by atoms with Crippen molar-refractivity contribution < 1.29 is 32.3 Å². The van der Waals surface area contributed by atoms with Gasteiger partial charge in [0.05, 0.1) is 31.7 Å². The van der Waals surface area contributed by atoms with Gasteiger partial charge in [-0.25, -0.2) is 13.1 Å². The van der Waals surface area contributed by atoms with Crippen LogP contribution in [0.2, 0.25) is 10.0 Å². The van der Waals surface area contributed by atoms with Crippen molar-refractivity contribution in [2.45, 2.75) is 69.2 Å². The summed E-state index contributed by atoms with van der Waals surface area (Å²) in [4.78, 5) is 43.4. The van der Waals surface area contributed by atoms with E-state index in [-0.39, 0.29) is 37.4 Å². The van der Waals surface area contributed by atoms with E-state index in [0.29, 0.717) is 46.0 Å². The predicted molar refractivity (Wildman–Crippen MR) is 208 cm³/mol. The summed E-state index contributed by atoms with van der Waals surface area (Å²) in [6.45, 7) is 0.430. The Morgan fingerprint density at radius 1 is 0.870 bits per heavy atom. The van der Waals surface area contributed by atoms with Gasteiger partial charge in [0.15, 0.2) is 0 Å². The standard InChI is InChI=1S/C41H43Cl2N3O7S/c1-52-30-17-14-27(15-18-30)25-53-37(47)23-28-9-7-8-26(22-28)20-21-44-40(48)38-31-10-3-4-11-32(31)41(49)46(39(38)33-19-16-29(42)24-34(33)43)36-13-6-5-12-35(36)45-54(2,50)51/h3-4,7-11,14-19,22,24,35-36,38-39,45H,5-6,12-13,20-21,23,25H2,1-2H3,(H,44,48)/t35-,36-,38+,39-/m0/s1. The molecule has 54 heavy (non-hydrogen) atoms. The Kier molecular flexibility index (Phi) is 12.6. The lowest BCUT2D eigenvalue weighted by atomic mass is 9.76. The van der Waals surface area contributed by atoms with E-state index in [1.807, 2.05) is 48.5 Å². The first-order chi connectivity index (χ1) is 25.9. The fourth-order valence-electron chi connectivity index (χ4n) is 7.57. The number of rotatable bonds is 13. The van der Waals surface area contributed by atoms with Crippen molar-refractivity contribution >= 4 is 51.0 Å². The molecule has 0 spiro atoms. The van der Waals surface area contributed by atoms with Gasteiger partial charge in [0.2, 0.25) is 15.9 Å². The van der Waals surface area contributed by atoms with Crippen LogP contribution in [-0.2, 0) is 43.8 Å². The van der Waals surface area contributed by atoms with Crippen LogP contribution in [0, 0.1) is 0 Å². The van der Waals surface area contributed by atoms with E-state index in [4.69, 9.17) is 32.7 Å². The van der Waals surface area contributed by atoms with Gasteiger partial charge >= 0.3 is 5.97 Å². The number of halogens is 2. The number of esters is 1. The quantitative estimate of drug-likeness (QED) is 0.143. The third kappa shape index (κ3) is 9.44. The number of hydrogen-bond donors (Lipinski definition) is 2. The molecule has 4 atom stereocenters. The van der Waals surface area contributed by atoms with Crippen molar-refractivity contribution in [3.63, 3.8) is 0 Å². The molecule has 13 heteroatoms. The smallest absolute Gasteiger partial charge is 0.310 e. The van der Waals surface area contributed by atoms with E-state index < -0.39 is 34.1 Å². The summed E-state index contributed by atoms with van der Waals surface area (Å²) in [5.41, 5.74) is 4.05. The molecule has 10 nitrogen and oxygen atoms in total. The highest BCUT2D eigenvalue weighted by Gasteiger charge is 2.49. The molecule has 1 saturated carbocycles. The van der Waals surface area contributed by atoms with Crippen molar-refractivity contribution in [2.75, 3.05) is 19.9 Å². The summed E-state index contributed by atoms with van der Waals surface area (Å²) in [6, 6.07) is 25.0. The average Bonchev–Trinajstić information content (AvgIpc) is 3.14. The number of fused-ring (bicyclic) bond motifs is 1. The van der Waals surface area contributed by atoms with Gasteiger partial charge in [-0.2, -0.15) is 0 Å². The van der Waals surface area contributed by atoms with Gasteiger partial charge in [-0.15, -0.1) is 0 Å². The van der Waals surface area contributed by atoms with E-state index in [1.54, 1.807) is 54.5 Å². The summed E-state index contributed by atoms with van der Waals surface area (Å²) >= 11 is 13.2. The van der Waals surface area contributed by atoms with Crippen LogP contribution < -0.4 is 14.8 Å². The van der Waals surface area contributed by atoms with Crippen LogP contribution in [0.15, 0.2) is 91.0 Å². The van der Waals surface area contributed by atoms with Crippen molar-refractivity contribution in [3.05, 3.63) is 134 Å². The van der Waals surface area contributed by atoms with Gasteiger partial charge in [0.1, 0.15) is 12.4 Å². The fourth-order valence-corrected chi connectivity index (χ4v) is 8.91. The Labute approximate surface area is 326 Å². The van der Waals surface area contributed by atoms with Crippen LogP contribution in [0.3, 0.4) is 0 Å². The maximum atomic E-state index is 14.5. The van der Waals surface area contributed by atoms with Crippen LogP contribution in [0.4, 0.5) is 0 Å². The van der Waals surface area contributed by atoms with Crippen LogP contribution in [0.25, 0.3) is 0 Å². The van der Waals surface area contributed by atoms with E-state index in [1.165, 1.54) is 0 Å². The van der Waals surface area contributed by atoms with Crippen molar-refractivity contribution in [3.8, 4) is 5.75 Å². The van der Waals surface area contributed by atoms with E-state index in [2.05, 4.69) is 10.0 Å². The number of benzene rings is 4. The lowest BCUT2D eigenvalue weighted by Crippen LogP contribution is -2.59. The summed E-state index contributed by atoms with van der Waals surface area (Å²) < 4.78 is 38.4. The Bertz CT molecular complexity index is 2110. The summed E-state index contributed by atoms with van der Waals surface area (Å²) in [5, 5.41) is 3.81. The molecule has 6 rings (SSSR count). The van der Waals surface area contributed by atoms with Gasteiger partial charge in [-0.05, 0) is 77.4 Å². The summed E-state index contributed by atoms with van der Waals surface area (Å²) in [6.07, 6.45) is 4.36. The largest absolute Gasteiger partial charge is 0.497 e. The number of sulfonamides is 1. The molecule has 0 aromatic heterocycles. The molecule has 2 aliphatic rings. The Hall–Kier alpha value is -4.42. The number of hydrogen-bond acceptors (Lipinski definition) is 7. The highest BCUT2D eigenvalue weighted by molar-refractivity contribution is 7.88. The monoisotopic (exact) mass is 791 g/mol. The number of carbonyl (C=O) groups excluding carboxylic acids is 3. The molecule has 1 aliphatic heterocycles. The molecule has 284 valence electrons. The van der Waals surface area contributed by atoms with Crippen LogP contribution in [-0.4, -0.2) is 63.1 Å². The number of ether oxygens (including phenoxy) is 2. The van der Waals surface area contributed by atoms with Gasteiger partial charge < -0.3 is 19.7 Å². The second kappa shape index (κ2) is 17.4. The predicted octanol–water partition coefficient (Wildman–Crippen LogP) is 6.79.